The highest BCUT2D eigenvalue weighted by molar-refractivity contribution is 5.95. The van der Waals surface area contributed by atoms with Gasteiger partial charge in [-0.3, -0.25) is 20.4 Å². The molecule has 0 heterocycles. The van der Waals surface area contributed by atoms with Crippen LogP contribution in [0.5, 0.6) is 0 Å². The molecular formula is C12H15FN2O2. The van der Waals surface area contributed by atoms with E-state index in [1.165, 1.54) is 24.3 Å². The van der Waals surface area contributed by atoms with E-state index in [0.29, 0.717) is 6.42 Å². The molecule has 0 saturated carbocycles. The fraction of sp³-hybridized carbons (Fsp3) is 0.333. The Morgan fingerprint density at radius 2 is 1.76 bits per heavy atom. The zero-order valence-corrected chi connectivity index (χ0v) is 9.79. The number of hydrogen-bond acceptors (Lipinski definition) is 2. The van der Waals surface area contributed by atoms with Crippen molar-refractivity contribution in [1.29, 1.82) is 0 Å². The Balaban J connectivity index is 2.45. The molecule has 4 nitrogen and oxygen atoms in total. The summed E-state index contributed by atoms with van der Waals surface area (Å²) in [6.45, 7) is 3.81. The topological polar surface area (TPSA) is 58.2 Å². The number of carbonyl (C=O) groups excluding carboxylic acids is 2. The minimum atomic E-state index is -0.470. The van der Waals surface area contributed by atoms with Crippen LogP contribution in [-0.2, 0) is 4.79 Å². The van der Waals surface area contributed by atoms with Crippen LogP contribution in [0.2, 0.25) is 0 Å². The van der Waals surface area contributed by atoms with Crippen molar-refractivity contribution >= 4 is 11.8 Å². The van der Waals surface area contributed by atoms with Gasteiger partial charge in [-0.1, -0.05) is 13.8 Å². The molecular weight excluding hydrogens is 223 g/mol. The molecule has 92 valence electrons. The molecule has 1 rings (SSSR count). The molecule has 1 aromatic carbocycles. The third-order valence-electron chi connectivity index (χ3n) is 2.02. The highest BCUT2D eigenvalue weighted by Crippen LogP contribution is 2.02. The number of benzene rings is 1. The van der Waals surface area contributed by atoms with Gasteiger partial charge < -0.3 is 0 Å². The van der Waals surface area contributed by atoms with Crippen LogP contribution in [0.15, 0.2) is 24.3 Å². The first kappa shape index (κ1) is 13.2. The molecule has 0 saturated heterocycles. The molecule has 0 atom stereocenters. The fourth-order valence-corrected chi connectivity index (χ4v) is 1.22. The second-order valence-electron chi connectivity index (χ2n) is 4.11. The van der Waals surface area contributed by atoms with Crippen molar-refractivity contribution in [3.63, 3.8) is 0 Å². The molecule has 0 radical (unpaired) electrons. The lowest BCUT2D eigenvalue weighted by Gasteiger charge is -2.08. The van der Waals surface area contributed by atoms with E-state index in [1.54, 1.807) is 0 Å². The third kappa shape index (κ3) is 4.63. The van der Waals surface area contributed by atoms with E-state index < -0.39 is 11.7 Å². The average molecular weight is 238 g/mol. The average Bonchev–Trinajstić information content (AvgIpc) is 2.26. The molecule has 0 aliphatic rings. The first-order valence-corrected chi connectivity index (χ1v) is 5.34. The van der Waals surface area contributed by atoms with Crippen molar-refractivity contribution in [2.45, 2.75) is 20.3 Å². The number of nitrogens with one attached hydrogen (secondary N) is 2. The van der Waals surface area contributed by atoms with Crippen molar-refractivity contribution in [1.82, 2.24) is 10.9 Å². The normalized spacial score (nSPS) is 10.1. The van der Waals surface area contributed by atoms with Crippen LogP contribution in [0.3, 0.4) is 0 Å². The molecule has 0 spiro atoms. The van der Waals surface area contributed by atoms with Gasteiger partial charge in [0.1, 0.15) is 5.82 Å². The van der Waals surface area contributed by atoms with Crippen LogP contribution in [0.25, 0.3) is 0 Å². The van der Waals surface area contributed by atoms with Gasteiger partial charge in [0.15, 0.2) is 0 Å². The number of carbonyl (C=O) groups is 2. The van der Waals surface area contributed by atoms with E-state index in [0.717, 1.165) is 0 Å². The molecule has 2 N–H and O–H groups in total. The Hall–Kier alpha value is -1.91. The van der Waals surface area contributed by atoms with Gasteiger partial charge in [0.05, 0.1) is 0 Å². The Labute approximate surface area is 99.2 Å². The summed E-state index contributed by atoms with van der Waals surface area (Å²) >= 11 is 0. The Kier molecular flexibility index (Phi) is 4.63. The SMILES string of the molecule is CC(C)CC(=O)NNC(=O)c1ccc(F)cc1. The van der Waals surface area contributed by atoms with Crippen LogP contribution in [0.1, 0.15) is 30.6 Å². The van der Waals surface area contributed by atoms with Crippen molar-refractivity contribution < 1.29 is 14.0 Å². The van der Waals surface area contributed by atoms with Crippen molar-refractivity contribution in [3.05, 3.63) is 35.6 Å². The van der Waals surface area contributed by atoms with Crippen LogP contribution >= 0.6 is 0 Å². The van der Waals surface area contributed by atoms with Gasteiger partial charge in [0, 0.05) is 12.0 Å². The lowest BCUT2D eigenvalue weighted by molar-refractivity contribution is -0.122. The van der Waals surface area contributed by atoms with Gasteiger partial charge in [0.2, 0.25) is 5.91 Å². The molecule has 2 amide bonds. The van der Waals surface area contributed by atoms with E-state index in [2.05, 4.69) is 10.9 Å². The molecule has 0 unspecified atom stereocenters. The molecule has 0 bridgehead atoms. The summed E-state index contributed by atoms with van der Waals surface area (Å²) in [6.07, 6.45) is 0.337. The number of hydrazine groups is 1. The van der Waals surface area contributed by atoms with E-state index in [9.17, 15) is 14.0 Å². The molecule has 0 fully saturated rings. The Bertz CT molecular complexity index is 401. The first-order chi connectivity index (χ1) is 7.99. The predicted molar refractivity (Wildman–Crippen MR) is 61.5 cm³/mol. The maximum atomic E-state index is 12.6. The van der Waals surface area contributed by atoms with Crippen molar-refractivity contribution in [3.8, 4) is 0 Å². The van der Waals surface area contributed by atoms with E-state index in [4.69, 9.17) is 0 Å². The lowest BCUT2D eigenvalue weighted by atomic mass is 10.1. The molecule has 5 heteroatoms. The largest absolute Gasteiger partial charge is 0.273 e. The number of rotatable bonds is 3. The van der Waals surface area contributed by atoms with Crippen LogP contribution in [-0.4, -0.2) is 11.8 Å². The molecule has 0 aromatic heterocycles. The minimum absolute atomic E-state index is 0.220. The third-order valence-corrected chi connectivity index (χ3v) is 2.02. The van der Waals surface area contributed by atoms with Gasteiger partial charge in [-0.15, -0.1) is 0 Å². The lowest BCUT2D eigenvalue weighted by Crippen LogP contribution is -2.41. The molecule has 0 aliphatic heterocycles. The fourth-order valence-electron chi connectivity index (χ4n) is 1.22. The van der Waals surface area contributed by atoms with Gasteiger partial charge in [-0.05, 0) is 30.2 Å². The van der Waals surface area contributed by atoms with E-state index in [-0.39, 0.29) is 17.4 Å². The summed E-state index contributed by atoms with van der Waals surface area (Å²) in [4.78, 5) is 22.8. The second-order valence-corrected chi connectivity index (χ2v) is 4.11. The monoisotopic (exact) mass is 238 g/mol. The smallest absolute Gasteiger partial charge is 0.269 e. The van der Waals surface area contributed by atoms with Crippen molar-refractivity contribution in [2.24, 2.45) is 5.92 Å². The Morgan fingerprint density at radius 1 is 1.18 bits per heavy atom. The van der Waals surface area contributed by atoms with Gasteiger partial charge in [0.25, 0.3) is 5.91 Å². The molecule has 17 heavy (non-hydrogen) atoms. The van der Waals surface area contributed by atoms with E-state index >= 15 is 0 Å². The van der Waals surface area contributed by atoms with Crippen LogP contribution in [0, 0.1) is 11.7 Å². The summed E-state index contributed by atoms with van der Waals surface area (Å²) in [5, 5.41) is 0. The number of halogens is 1. The zero-order valence-electron chi connectivity index (χ0n) is 9.79. The van der Waals surface area contributed by atoms with Gasteiger partial charge >= 0.3 is 0 Å². The van der Waals surface area contributed by atoms with Gasteiger partial charge in [-0.25, -0.2) is 4.39 Å². The predicted octanol–water partition coefficient (Wildman–Crippen LogP) is 1.63. The summed E-state index contributed by atoms with van der Waals surface area (Å²) in [5.41, 5.74) is 4.85. The summed E-state index contributed by atoms with van der Waals surface area (Å²) < 4.78 is 12.6. The second kappa shape index (κ2) is 5.98. The maximum absolute atomic E-state index is 12.6. The van der Waals surface area contributed by atoms with E-state index in [1.807, 2.05) is 13.8 Å². The van der Waals surface area contributed by atoms with Crippen LogP contribution in [0.4, 0.5) is 4.39 Å². The molecule has 1 aromatic rings. The highest BCUT2D eigenvalue weighted by Gasteiger charge is 2.08. The standard InChI is InChI=1S/C12H15FN2O2/c1-8(2)7-11(16)14-15-12(17)9-3-5-10(13)6-4-9/h3-6,8H,7H2,1-2H3,(H,14,16)(H,15,17). The maximum Gasteiger partial charge on any atom is 0.269 e. The quantitative estimate of drug-likeness (QED) is 0.786. The minimum Gasteiger partial charge on any atom is -0.273 e. The number of amides is 2. The van der Waals surface area contributed by atoms with Crippen LogP contribution < -0.4 is 10.9 Å². The summed E-state index contributed by atoms with van der Waals surface area (Å²) in [7, 11) is 0. The zero-order chi connectivity index (χ0) is 12.8. The van der Waals surface area contributed by atoms with Crippen molar-refractivity contribution in [2.75, 3.05) is 0 Å². The first-order valence-electron chi connectivity index (χ1n) is 5.34. The highest BCUT2D eigenvalue weighted by atomic mass is 19.1. The summed E-state index contributed by atoms with van der Waals surface area (Å²) in [6, 6.07) is 5.06. The Morgan fingerprint density at radius 3 is 2.29 bits per heavy atom. The number of hydrogen-bond donors (Lipinski definition) is 2. The summed E-state index contributed by atoms with van der Waals surface area (Å²) in [5.74, 6) is -0.916. The molecule has 0 aliphatic carbocycles. The van der Waals surface area contributed by atoms with Gasteiger partial charge in [-0.2, -0.15) is 0 Å².